The summed E-state index contributed by atoms with van der Waals surface area (Å²) >= 11 is 0. The molecule has 1 aromatic heterocycles. The highest BCUT2D eigenvalue weighted by Gasteiger charge is 2.30. The van der Waals surface area contributed by atoms with Gasteiger partial charge in [-0.15, -0.1) is 6.58 Å². The molecule has 1 amide bonds. The third kappa shape index (κ3) is 2.50. The largest absolute Gasteiger partial charge is 0.315 e. The maximum Gasteiger partial charge on any atom is 0.242 e. The van der Waals surface area contributed by atoms with Crippen molar-refractivity contribution in [3.8, 4) is 0 Å². The summed E-state index contributed by atoms with van der Waals surface area (Å²) in [7, 11) is 0. The van der Waals surface area contributed by atoms with E-state index in [1.165, 1.54) is 6.42 Å². The Morgan fingerprint density at radius 1 is 1.45 bits per heavy atom. The van der Waals surface area contributed by atoms with Crippen LogP contribution in [0.25, 0.3) is 0 Å². The summed E-state index contributed by atoms with van der Waals surface area (Å²) in [4.78, 5) is 19.1. The van der Waals surface area contributed by atoms with E-state index in [0.717, 1.165) is 57.0 Å². The van der Waals surface area contributed by atoms with E-state index in [4.69, 9.17) is 0 Å². The van der Waals surface area contributed by atoms with Crippen LogP contribution in [0.15, 0.2) is 18.9 Å². The maximum atomic E-state index is 12.5. The van der Waals surface area contributed by atoms with Gasteiger partial charge in [0, 0.05) is 19.5 Å². The number of aromatic nitrogens is 2. The van der Waals surface area contributed by atoms with Crippen LogP contribution in [0, 0.1) is 0 Å². The molecule has 1 aromatic rings. The first-order valence-electron chi connectivity index (χ1n) is 7.50. The topological polar surface area (TPSA) is 50.2 Å². The third-order valence-corrected chi connectivity index (χ3v) is 4.25. The number of hydrogen-bond acceptors (Lipinski definition) is 3. The molecule has 3 rings (SSSR count). The van der Waals surface area contributed by atoms with Crippen molar-refractivity contribution in [2.75, 3.05) is 18.4 Å². The number of carbonyl (C=O) groups excluding carboxylic acids is 1. The zero-order valence-corrected chi connectivity index (χ0v) is 11.8. The molecule has 0 bridgehead atoms. The highest BCUT2D eigenvalue weighted by molar-refractivity contribution is 5.94. The van der Waals surface area contributed by atoms with Crippen molar-refractivity contribution >= 4 is 11.7 Å². The number of likely N-dealkylation sites (tertiary alicyclic amines) is 1. The van der Waals surface area contributed by atoms with Crippen molar-refractivity contribution in [3.63, 3.8) is 0 Å². The summed E-state index contributed by atoms with van der Waals surface area (Å²) in [5, 5.41) is 3.07. The number of imidazole rings is 1. The van der Waals surface area contributed by atoms with E-state index < -0.39 is 0 Å². The number of nitrogens with one attached hydrogen (secondary N) is 1. The van der Waals surface area contributed by atoms with Gasteiger partial charge in [-0.3, -0.25) is 9.69 Å². The molecule has 0 unspecified atom stereocenters. The van der Waals surface area contributed by atoms with Gasteiger partial charge in [0.15, 0.2) is 0 Å². The normalized spacial score (nSPS) is 22.5. The first-order chi connectivity index (χ1) is 9.79. The van der Waals surface area contributed by atoms with Crippen LogP contribution in [0.1, 0.15) is 31.5 Å². The second-order valence-electron chi connectivity index (χ2n) is 5.60. The quantitative estimate of drug-likeness (QED) is 0.852. The fourth-order valence-corrected chi connectivity index (χ4v) is 3.23. The van der Waals surface area contributed by atoms with Crippen LogP contribution < -0.4 is 5.32 Å². The van der Waals surface area contributed by atoms with Gasteiger partial charge >= 0.3 is 0 Å². The van der Waals surface area contributed by atoms with Crippen LogP contribution in [-0.4, -0.2) is 39.5 Å². The Morgan fingerprint density at radius 2 is 2.35 bits per heavy atom. The Kier molecular flexibility index (Phi) is 3.87. The molecule has 1 atom stereocenters. The molecule has 5 nitrogen and oxygen atoms in total. The van der Waals surface area contributed by atoms with Crippen LogP contribution in [0.5, 0.6) is 0 Å². The number of amides is 1. The molecule has 108 valence electrons. The van der Waals surface area contributed by atoms with E-state index in [-0.39, 0.29) is 11.9 Å². The van der Waals surface area contributed by atoms with Crippen LogP contribution in [0.3, 0.4) is 0 Å². The molecule has 1 fully saturated rings. The maximum absolute atomic E-state index is 12.5. The first kappa shape index (κ1) is 13.4. The Bertz CT molecular complexity index is 508. The van der Waals surface area contributed by atoms with Crippen LogP contribution in [0.4, 0.5) is 5.82 Å². The number of rotatable bonds is 4. The molecule has 0 aromatic carbocycles. The molecule has 0 radical (unpaired) electrons. The molecule has 2 aliphatic rings. The molecule has 3 heterocycles. The minimum atomic E-state index is -0.0252. The number of aryl methyl sites for hydroxylation is 1. The van der Waals surface area contributed by atoms with Gasteiger partial charge in [-0.1, -0.05) is 6.08 Å². The molecule has 20 heavy (non-hydrogen) atoms. The van der Waals surface area contributed by atoms with E-state index in [1.54, 1.807) is 6.20 Å². The summed E-state index contributed by atoms with van der Waals surface area (Å²) in [6.45, 7) is 6.49. The molecule has 2 aliphatic heterocycles. The van der Waals surface area contributed by atoms with Crippen molar-refractivity contribution in [2.24, 2.45) is 0 Å². The van der Waals surface area contributed by atoms with E-state index in [9.17, 15) is 4.79 Å². The number of hydrogen-bond donors (Lipinski definition) is 1. The van der Waals surface area contributed by atoms with Crippen molar-refractivity contribution in [2.45, 2.75) is 44.7 Å². The lowest BCUT2D eigenvalue weighted by Gasteiger charge is -2.23. The van der Waals surface area contributed by atoms with Crippen molar-refractivity contribution in [1.29, 1.82) is 0 Å². The van der Waals surface area contributed by atoms with Crippen molar-refractivity contribution in [1.82, 2.24) is 14.5 Å². The van der Waals surface area contributed by atoms with Gasteiger partial charge in [-0.05, 0) is 32.2 Å². The van der Waals surface area contributed by atoms with Gasteiger partial charge < -0.3 is 9.88 Å². The second-order valence-corrected chi connectivity index (χ2v) is 5.60. The zero-order valence-electron chi connectivity index (χ0n) is 11.8. The molecule has 0 saturated carbocycles. The standard InChI is InChI=1S/C15H22N4O/c1-2-8-18-9-5-6-12(18)15(20)17-14-11-16-13-7-3-4-10-19(13)14/h2,11-12H,1,3-10H2,(H,17,20)/t12-/m1/s1. The fourth-order valence-electron chi connectivity index (χ4n) is 3.23. The summed E-state index contributed by atoms with van der Waals surface area (Å²) in [5.74, 6) is 2.05. The summed E-state index contributed by atoms with van der Waals surface area (Å²) in [6.07, 6.45) is 9.05. The number of anilines is 1. The smallest absolute Gasteiger partial charge is 0.242 e. The van der Waals surface area contributed by atoms with Crippen LogP contribution in [-0.2, 0) is 17.8 Å². The zero-order chi connectivity index (χ0) is 13.9. The minimum Gasteiger partial charge on any atom is -0.315 e. The van der Waals surface area contributed by atoms with Crippen LogP contribution in [0.2, 0.25) is 0 Å². The molecular formula is C15H22N4O. The molecule has 1 saturated heterocycles. The summed E-state index contributed by atoms with van der Waals surface area (Å²) < 4.78 is 2.15. The average Bonchev–Trinajstić information content (AvgIpc) is 3.07. The van der Waals surface area contributed by atoms with Gasteiger partial charge in [0.05, 0.1) is 12.2 Å². The number of fused-ring (bicyclic) bond motifs is 1. The highest BCUT2D eigenvalue weighted by Crippen LogP contribution is 2.22. The Balaban J connectivity index is 1.69. The predicted octanol–water partition coefficient (Wildman–Crippen LogP) is 1.81. The SMILES string of the molecule is C=CCN1CCC[C@@H]1C(=O)Nc1cnc2n1CCCC2. The first-order valence-corrected chi connectivity index (χ1v) is 7.50. The van der Waals surface area contributed by atoms with Gasteiger partial charge in [0.2, 0.25) is 5.91 Å². The Hall–Kier alpha value is -1.62. The molecule has 5 heteroatoms. The summed E-state index contributed by atoms with van der Waals surface area (Å²) in [5.41, 5.74) is 0. The lowest BCUT2D eigenvalue weighted by molar-refractivity contribution is -0.120. The average molecular weight is 274 g/mol. The molecule has 1 N–H and O–H groups in total. The fraction of sp³-hybridized carbons (Fsp3) is 0.600. The monoisotopic (exact) mass is 274 g/mol. The minimum absolute atomic E-state index is 0.0252. The second kappa shape index (κ2) is 5.79. The lowest BCUT2D eigenvalue weighted by Crippen LogP contribution is -2.40. The molecule has 0 aliphatic carbocycles. The van der Waals surface area contributed by atoms with E-state index in [2.05, 4.69) is 26.3 Å². The number of carbonyl (C=O) groups is 1. The Morgan fingerprint density at radius 3 is 3.20 bits per heavy atom. The van der Waals surface area contributed by atoms with E-state index >= 15 is 0 Å². The summed E-state index contributed by atoms with van der Waals surface area (Å²) in [6, 6.07) is -0.0252. The van der Waals surface area contributed by atoms with Gasteiger partial charge in [-0.25, -0.2) is 4.98 Å². The van der Waals surface area contributed by atoms with E-state index in [0.29, 0.717) is 0 Å². The van der Waals surface area contributed by atoms with Crippen molar-refractivity contribution < 1.29 is 4.79 Å². The number of nitrogens with zero attached hydrogens (tertiary/aromatic N) is 3. The van der Waals surface area contributed by atoms with Gasteiger partial charge in [0.25, 0.3) is 0 Å². The predicted molar refractivity (Wildman–Crippen MR) is 78.6 cm³/mol. The van der Waals surface area contributed by atoms with E-state index in [1.807, 2.05) is 6.08 Å². The molecular weight excluding hydrogens is 252 g/mol. The highest BCUT2D eigenvalue weighted by atomic mass is 16.2. The van der Waals surface area contributed by atoms with Crippen LogP contribution >= 0.6 is 0 Å². The Labute approximate surface area is 119 Å². The van der Waals surface area contributed by atoms with Gasteiger partial charge in [0.1, 0.15) is 11.6 Å². The lowest BCUT2D eigenvalue weighted by atomic mass is 10.2. The molecule has 0 spiro atoms. The van der Waals surface area contributed by atoms with Gasteiger partial charge in [-0.2, -0.15) is 0 Å². The third-order valence-electron chi connectivity index (χ3n) is 4.25. The van der Waals surface area contributed by atoms with Crippen molar-refractivity contribution in [3.05, 3.63) is 24.7 Å².